The zero-order valence-corrected chi connectivity index (χ0v) is 9.48. The van der Waals surface area contributed by atoms with Crippen molar-refractivity contribution in [3.05, 3.63) is 23.7 Å². The van der Waals surface area contributed by atoms with E-state index in [0.717, 1.165) is 16.7 Å². The minimum atomic E-state index is 0.526. The van der Waals surface area contributed by atoms with Crippen LogP contribution in [-0.2, 0) is 13.6 Å². The minimum absolute atomic E-state index is 0.526. The van der Waals surface area contributed by atoms with Crippen LogP contribution in [0.1, 0.15) is 36.6 Å². The van der Waals surface area contributed by atoms with E-state index in [1.807, 2.05) is 12.3 Å². The fourth-order valence-corrected chi connectivity index (χ4v) is 2.28. The first-order valence-electron chi connectivity index (χ1n) is 5.81. The highest BCUT2D eigenvalue weighted by atomic mass is 15.1. The molecule has 2 heterocycles. The molecule has 0 aliphatic heterocycles. The lowest BCUT2D eigenvalue weighted by Gasteiger charge is -2.24. The predicted molar refractivity (Wildman–Crippen MR) is 63.0 cm³/mol. The smallest absolute Gasteiger partial charge is 0.159 e. The second-order valence-corrected chi connectivity index (χ2v) is 4.55. The van der Waals surface area contributed by atoms with Crippen LogP contribution in [0.4, 0.5) is 0 Å². The second-order valence-electron chi connectivity index (χ2n) is 4.55. The molecule has 0 radical (unpaired) electrons. The van der Waals surface area contributed by atoms with E-state index in [9.17, 15) is 0 Å². The zero-order valence-electron chi connectivity index (χ0n) is 9.48. The topological polar surface area (TPSA) is 56.7 Å². The molecule has 0 aromatic carbocycles. The maximum absolute atomic E-state index is 5.61. The Balaban J connectivity index is 2.13. The fraction of sp³-hybridized carbons (Fsp3) is 0.500. The summed E-state index contributed by atoms with van der Waals surface area (Å²) in [4.78, 5) is 9.12. The molecule has 0 saturated heterocycles. The van der Waals surface area contributed by atoms with Gasteiger partial charge >= 0.3 is 0 Å². The third-order valence-electron chi connectivity index (χ3n) is 3.51. The number of hydrogen-bond acceptors (Lipinski definition) is 3. The summed E-state index contributed by atoms with van der Waals surface area (Å²) in [6, 6.07) is 2.05. The van der Waals surface area contributed by atoms with Crippen LogP contribution in [0.2, 0.25) is 0 Å². The lowest BCUT2D eigenvalue weighted by molar-refractivity contribution is 0.394. The second kappa shape index (κ2) is 3.56. The van der Waals surface area contributed by atoms with Crippen molar-refractivity contribution in [2.75, 3.05) is 0 Å². The van der Waals surface area contributed by atoms with Crippen LogP contribution < -0.4 is 5.73 Å². The van der Waals surface area contributed by atoms with Crippen LogP contribution in [0.5, 0.6) is 0 Å². The van der Waals surface area contributed by atoms with Gasteiger partial charge in [0, 0.05) is 25.7 Å². The minimum Gasteiger partial charge on any atom is -0.326 e. The van der Waals surface area contributed by atoms with E-state index in [0.29, 0.717) is 12.5 Å². The average Bonchev–Trinajstić information content (AvgIpc) is 2.54. The summed E-state index contributed by atoms with van der Waals surface area (Å²) in [7, 11) is 2.05. The van der Waals surface area contributed by atoms with E-state index in [1.54, 1.807) is 0 Å². The maximum atomic E-state index is 5.61. The third-order valence-corrected chi connectivity index (χ3v) is 3.51. The van der Waals surface area contributed by atoms with Gasteiger partial charge in [-0.3, -0.25) is 0 Å². The molecule has 1 fully saturated rings. The molecule has 4 heteroatoms. The van der Waals surface area contributed by atoms with Crippen molar-refractivity contribution in [2.24, 2.45) is 12.8 Å². The number of fused-ring (bicyclic) bond motifs is 1. The van der Waals surface area contributed by atoms with Crippen molar-refractivity contribution in [1.29, 1.82) is 0 Å². The van der Waals surface area contributed by atoms with E-state index < -0.39 is 0 Å². The maximum Gasteiger partial charge on any atom is 0.159 e. The Bertz CT molecular complexity index is 525. The van der Waals surface area contributed by atoms with Gasteiger partial charge in [-0.05, 0) is 24.5 Å². The molecule has 0 bridgehead atoms. The molecule has 2 N–H and O–H groups in total. The standard InChI is InChI=1S/C12H16N4/c1-16-11(9-3-2-4-9)15-10-5-8(6-13)7-14-12(10)16/h5,7,9H,2-4,6,13H2,1H3. The molecular formula is C12H16N4. The number of hydrogen-bond donors (Lipinski definition) is 1. The van der Waals surface area contributed by atoms with Crippen LogP contribution in [0.3, 0.4) is 0 Å². The van der Waals surface area contributed by atoms with Crippen molar-refractivity contribution >= 4 is 11.2 Å². The van der Waals surface area contributed by atoms with E-state index in [1.165, 1.54) is 25.1 Å². The van der Waals surface area contributed by atoms with Gasteiger partial charge in [0.25, 0.3) is 0 Å². The van der Waals surface area contributed by atoms with Crippen molar-refractivity contribution in [3.63, 3.8) is 0 Å². The normalized spacial score (nSPS) is 16.6. The number of nitrogens with zero attached hydrogens (tertiary/aromatic N) is 3. The van der Waals surface area contributed by atoms with Crippen LogP contribution in [0, 0.1) is 0 Å². The summed E-state index contributed by atoms with van der Waals surface area (Å²) >= 11 is 0. The highest BCUT2D eigenvalue weighted by Gasteiger charge is 2.24. The average molecular weight is 216 g/mol. The molecule has 0 amide bonds. The summed E-state index contributed by atoms with van der Waals surface area (Å²) < 4.78 is 2.12. The summed E-state index contributed by atoms with van der Waals surface area (Å²) in [5.41, 5.74) is 8.61. The first-order valence-corrected chi connectivity index (χ1v) is 5.81. The number of aryl methyl sites for hydroxylation is 1. The number of rotatable bonds is 2. The molecule has 16 heavy (non-hydrogen) atoms. The highest BCUT2D eigenvalue weighted by molar-refractivity contribution is 5.72. The molecule has 84 valence electrons. The molecule has 0 unspecified atom stereocenters. The fourth-order valence-electron chi connectivity index (χ4n) is 2.28. The molecule has 4 nitrogen and oxygen atoms in total. The van der Waals surface area contributed by atoms with E-state index in [2.05, 4.69) is 21.6 Å². The van der Waals surface area contributed by atoms with E-state index in [-0.39, 0.29) is 0 Å². The molecule has 1 aliphatic carbocycles. The quantitative estimate of drug-likeness (QED) is 0.831. The molecule has 2 aromatic heterocycles. The van der Waals surface area contributed by atoms with Crippen molar-refractivity contribution < 1.29 is 0 Å². The van der Waals surface area contributed by atoms with E-state index >= 15 is 0 Å². The largest absolute Gasteiger partial charge is 0.326 e. The van der Waals surface area contributed by atoms with Crippen LogP contribution in [-0.4, -0.2) is 14.5 Å². The summed E-state index contributed by atoms with van der Waals surface area (Å²) in [6.07, 6.45) is 5.70. The number of nitrogens with two attached hydrogens (primary N) is 1. The zero-order chi connectivity index (χ0) is 11.1. The first kappa shape index (κ1) is 9.78. The molecule has 0 atom stereocenters. The monoisotopic (exact) mass is 216 g/mol. The number of aromatic nitrogens is 3. The Morgan fingerprint density at radius 2 is 2.31 bits per heavy atom. The van der Waals surface area contributed by atoms with Gasteiger partial charge in [0.2, 0.25) is 0 Å². The van der Waals surface area contributed by atoms with Gasteiger partial charge in [0.05, 0.1) is 0 Å². The van der Waals surface area contributed by atoms with Gasteiger partial charge in [-0.25, -0.2) is 9.97 Å². The van der Waals surface area contributed by atoms with Crippen LogP contribution >= 0.6 is 0 Å². The lowest BCUT2D eigenvalue weighted by atomic mass is 9.85. The molecule has 1 saturated carbocycles. The van der Waals surface area contributed by atoms with Gasteiger partial charge in [-0.1, -0.05) is 6.42 Å². The molecular weight excluding hydrogens is 200 g/mol. The van der Waals surface area contributed by atoms with Gasteiger partial charge in [0.15, 0.2) is 5.65 Å². The Hall–Kier alpha value is -1.42. The SMILES string of the molecule is Cn1c(C2CCC2)nc2cc(CN)cnc21. The summed E-state index contributed by atoms with van der Waals surface area (Å²) in [5, 5.41) is 0. The lowest BCUT2D eigenvalue weighted by Crippen LogP contribution is -2.13. The molecule has 1 aliphatic rings. The van der Waals surface area contributed by atoms with Crippen LogP contribution in [0.25, 0.3) is 11.2 Å². The third kappa shape index (κ3) is 1.33. The highest BCUT2D eigenvalue weighted by Crippen LogP contribution is 2.36. The van der Waals surface area contributed by atoms with E-state index in [4.69, 9.17) is 5.73 Å². The van der Waals surface area contributed by atoms with Crippen molar-refractivity contribution in [3.8, 4) is 0 Å². The Labute approximate surface area is 94.5 Å². The Morgan fingerprint density at radius 3 is 2.94 bits per heavy atom. The summed E-state index contributed by atoms with van der Waals surface area (Å²) in [5.74, 6) is 1.82. The van der Waals surface area contributed by atoms with Gasteiger partial charge in [0.1, 0.15) is 11.3 Å². The molecule has 3 rings (SSSR count). The summed E-state index contributed by atoms with van der Waals surface area (Å²) in [6.45, 7) is 0.526. The Morgan fingerprint density at radius 1 is 1.50 bits per heavy atom. The van der Waals surface area contributed by atoms with Gasteiger partial charge in [-0.15, -0.1) is 0 Å². The molecule has 2 aromatic rings. The predicted octanol–water partition coefficient (Wildman–Crippen LogP) is 1.69. The van der Waals surface area contributed by atoms with Gasteiger partial charge in [-0.2, -0.15) is 0 Å². The number of imidazole rings is 1. The number of pyridine rings is 1. The first-order chi connectivity index (χ1) is 7.79. The molecule has 0 spiro atoms. The van der Waals surface area contributed by atoms with Crippen molar-refractivity contribution in [2.45, 2.75) is 31.7 Å². The van der Waals surface area contributed by atoms with Crippen molar-refractivity contribution in [1.82, 2.24) is 14.5 Å². The van der Waals surface area contributed by atoms with Gasteiger partial charge < -0.3 is 10.3 Å². The van der Waals surface area contributed by atoms with Crippen LogP contribution in [0.15, 0.2) is 12.3 Å². The Kier molecular flexibility index (Phi) is 2.17.